The molecule has 2 aromatic rings. The van der Waals surface area contributed by atoms with Gasteiger partial charge in [-0.05, 0) is 11.0 Å². The number of anilines is 1. The molecular formula is C8H9N5O2. The van der Waals surface area contributed by atoms with Gasteiger partial charge in [0.25, 0.3) is 0 Å². The van der Waals surface area contributed by atoms with E-state index in [2.05, 4.69) is 10.1 Å². The van der Waals surface area contributed by atoms with Gasteiger partial charge in [-0.3, -0.25) is 0 Å². The molecule has 0 saturated heterocycles. The van der Waals surface area contributed by atoms with Gasteiger partial charge in [-0.15, -0.1) is 0 Å². The summed E-state index contributed by atoms with van der Waals surface area (Å²) in [5, 5.41) is 14.7. The average molecular weight is 207 g/mol. The van der Waals surface area contributed by atoms with Gasteiger partial charge in [0, 0.05) is 20.2 Å². The van der Waals surface area contributed by atoms with Crippen molar-refractivity contribution >= 4 is 17.3 Å². The number of hydrogen-bond acceptors (Lipinski definition) is 5. The van der Waals surface area contributed by atoms with Crippen LogP contribution in [0.1, 0.15) is 0 Å². The number of hydrogen-bond donors (Lipinski definition) is 0. The molecule has 2 heterocycles. The van der Waals surface area contributed by atoms with E-state index in [1.807, 2.05) is 14.1 Å². The van der Waals surface area contributed by atoms with Crippen LogP contribution in [0.5, 0.6) is 0 Å². The molecule has 0 atom stereocenters. The predicted molar refractivity (Wildman–Crippen MR) is 54.0 cm³/mol. The summed E-state index contributed by atoms with van der Waals surface area (Å²) >= 11 is 0. The van der Waals surface area contributed by atoms with Gasteiger partial charge in [0.15, 0.2) is 5.82 Å². The number of nitrogens with zero attached hydrogens (tertiary/aromatic N) is 5. The summed E-state index contributed by atoms with van der Waals surface area (Å²) in [7, 11) is 3.63. The first-order valence-corrected chi connectivity index (χ1v) is 4.26. The molecule has 0 radical (unpaired) electrons. The van der Waals surface area contributed by atoms with Crippen molar-refractivity contribution in [2.75, 3.05) is 19.0 Å². The molecule has 0 N–H and O–H groups in total. The quantitative estimate of drug-likeness (QED) is 0.535. The first-order chi connectivity index (χ1) is 7.09. The molecule has 0 unspecified atom stereocenters. The molecule has 0 amide bonds. The Morgan fingerprint density at radius 3 is 2.80 bits per heavy atom. The van der Waals surface area contributed by atoms with Crippen LogP contribution in [0.25, 0.3) is 5.65 Å². The minimum Gasteiger partial charge on any atom is -0.360 e. The summed E-state index contributed by atoms with van der Waals surface area (Å²) in [6.45, 7) is 0. The standard InChI is InChI=1S/C8H9N5O2/c1-11(2)7-4-3-6-9-5-8(13(14)15)12(6)10-7/h3-5H,1-2H3. The lowest BCUT2D eigenvalue weighted by atomic mass is 10.5. The van der Waals surface area contributed by atoms with Gasteiger partial charge in [0.05, 0.1) is 0 Å². The molecule has 2 aromatic heterocycles. The van der Waals surface area contributed by atoms with Gasteiger partial charge in [0.2, 0.25) is 5.65 Å². The molecule has 0 aliphatic rings. The minimum absolute atomic E-state index is 0.131. The van der Waals surface area contributed by atoms with Crippen LogP contribution in [0, 0.1) is 10.1 Å². The molecule has 0 aliphatic heterocycles. The molecule has 78 valence electrons. The van der Waals surface area contributed by atoms with Gasteiger partial charge < -0.3 is 15.0 Å². The molecule has 7 heteroatoms. The summed E-state index contributed by atoms with van der Waals surface area (Å²) in [6.07, 6.45) is 1.20. The Morgan fingerprint density at radius 2 is 2.20 bits per heavy atom. The van der Waals surface area contributed by atoms with Gasteiger partial charge in [-0.25, -0.2) is 4.98 Å². The Kier molecular flexibility index (Phi) is 2.00. The van der Waals surface area contributed by atoms with E-state index in [4.69, 9.17) is 0 Å². The predicted octanol–water partition coefficient (Wildman–Crippen LogP) is 0.703. The Hall–Kier alpha value is -2.18. The molecule has 0 fully saturated rings. The summed E-state index contributed by atoms with van der Waals surface area (Å²) in [5.41, 5.74) is 0.465. The van der Waals surface area contributed by atoms with Crippen molar-refractivity contribution in [3.8, 4) is 0 Å². The molecular weight excluding hydrogens is 198 g/mol. The normalized spacial score (nSPS) is 10.5. The highest BCUT2D eigenvalue weighted by molar-refractivity contribution is 5.48. The van der Waals surface area contributed by atoms with E-state index in [0.717, 1.165) is 0 Å². The number of nitro groups is 1. The highest BCUT2D eigenvalue weighted by atomic mass is 16.6. The smallest absolute Gasteiger partial charge is 0.360 e. The zero-order valence-electron chi connectivity index (χ0n) is 8.28. The van der Waals surface area contributed by atoms with Gasteiger partial charge in [-0.2, -0.15) is 0 Å². The van der Waals surface area contributed by atoms with Gasteiger partial charge in [0.1, 0.15) is 6.20 Å². The molecule has 0 aromatic carbocycles. The third kappa shape index (κ3) is 1.47. The fraction of sp³-hybridized carbons (Fsp3) is 0.250. The first-order valence-electron chi connectivity index (χ1n) is 4.26. The zero-order valence-corrected chi connectivity index (χ0v) is 8.28. The largest absolute Gasteiger partial charge is 0.368 e. The fourth-order valence-electron chi connectivity index (χ4n) is 1.21. The molecule has 2 rings (SSSR count). The van der Waals surface area contributed by atoms with E-state index in [1.54, 1.807) is 17.0 Å². The third-order valence-corrected chi connectivity index (χ3v) is 1.98. The monoisotopic (exact) mass is 207 g/mol. The van der Waals surface area contributed by atoms with Crippen molar-refractivity contribution in [1.82, 2.24) is 14.6 Å². The Morgan fingerprint density at radius 1 is 1.47 bits per heavy atom. The van der Waals surface area contributed by atoms with Crippen molar-refractivity contribution in [1.29, 1.82) is 0 Å². The van der Waals surface area contributed by atoms with E-state index in [0.29, 0.717) is 11.5 Å². The maximum absolute atomic E-state index is 10.6. The van der Waals surface area contributed by atoms with Crippen molar-refractivity contribution in [2.45, 2.75) is 0 Å². The lowest BCUT2D eigenvalue weighted by molar-refractivity contribution is -0.391. The SMILES string of the molecule is CN(C)c1ccc2ncc([N+](=O)[O-])n2n1. The van der Waals surface area contributed by atoms with Crippen LogP contribution in [0.3, 0.4) is 0 Å². The average Bonchev–Trinajstić information content (AvgIpc) is 2.59. The van der Waals surface area contributed by atoms with E-state index >= 15 is 0 Å². The molecule has 7 nitrogen and oxygen atoms in total. The number of fused-ring (bicyclic) bond motifs is 1. The summed E-state index contributed by atoms with van der Waals surface area (Å²) in [4.78, 5) is 15.8. The van der Waals surface area contributed by atoms with Gasteiger partial charge >= 0.3 is 5.82 Å². The molecule has 0 spiro atoms. The molecule has 0 saturated carbocycles. The summed E-state index contributed by atoms with van der Waals surface area (Å²) < 4.78 is 1.22. The Labute approximate surface area is 85.1 Å². The Balaban J connectivity index is 2.66. The molecule has 0 aliphatic carbocycles. The second-order valence-electron chi connectivity index (χ2n) is 3.23. The number of rotatable bonds is 2. The first kappa shape index (κ1) is 9.38. The second-order valence-corrected chi connectivity index (χ2v) is 3.23. The molecule has 0 bridgehead atoms. The topological polar surface area (TPSA) is 76.6 Å². The van der Waals surface area contributed by atoms with Crippen LogP contribution < -0.4 is 4.90 Å². The van der Waals surface area contributed by atoms with Crippen LogP contribution in [0.15, 0.2) is 18.3 Å². The third-order valence-electron chi connectivity index (χ3n) is 1.98. The number of aromatic nitrogens is 3. The minimum atomic E-state index is -0.508. The van der Waals surface area contributed by atoms with Crippen LogP contribution in [-0.4, -0.2) is 33.6 Å². The second kappa shape index (κ2) is 3.19. The van der Waals surface area contributed by atoms with E-state index < -0.39 is 4.92 Å². The van der Waals surface area contributed by atoms with Crippen LogP contribution in [-0.2, 0) is 0 Å². The van der Waals surface area contributed by atoms with Gasteiger partial charge in [-0.1, -0.05) is 9.61 Å². The molecule has 15 heavy (non-hydrogen) atoms. The van der Waals surface area contributed by atoms with Crippen LogP contribution in [0.4, 0.5) is 11.6 Å². The fourth-order valence-corrected chi connectivity index (χ4v) is 1.21. The van der Waals surface area contributed by atoms with E-state index in [1.165, 1.54) is 10.7 Å². The van der Waals surface area contributed by atoms with Crippen molar-refractivity contribution in [3.63, 3.8) is 0 Å². The highest BCUT2D eigenvalue weighted by Crippen LogP contribution is 2.15. The van der Waals surface area contributed by atoms with Crippen molar-refractivity contribution in [3.05, 3.63) is 28.4 Å². The maximum atomic E-state index is 10.6. The summed E-state index contributed by atoms with van der Waals surface area (Å²) in [5.74, 6) is 0.511. The lowest BCUT2D eigenvalue weighted by Gasteiger charge is -2.08. The Bertz CT molecular complexity index is 519. The highest BCUT2D eigenvalue weighted by Gasteiger charge is 2.16. The maximum Gasteiger partial charge on any atom is 0.368 e. The van der Waals surface area contributed by atoms with E-state index in [9.17, 15) is 10.1 Å². The summed E-state index contributed by atoms with van der Waals surface area (Å²) in [6, 6.07) is 3.45. The van der Waals surface area contributed by atoms with E-state index in [-0.39, 0.29) is 5.82 Å². The zero-order chi connectivity index (χ0) is 11.0. The van der Waals surface area contributed by atoms with Crippen molar-refractivity contribution < 1.29 is 4.92 Å². The van der Waals surface area contributed by atoms with Crippen LogP contribution >= 0.6 is 0 Å². The van der Waals surface area contributed by atoms with Crippen molar-refractivity contribution in [2.24, 2.45) is 0 Å². The lowest BCUT2D eigenvalue weighted by Crippen LogP contribution is -2.12. The number of imidazole rings is 1. The van der Waals surface area contributed by atoms with Crippen LogP contribution in [0.2, 0.25) is 0 Å².